The molecule has 3 rings (SSSR count). The van der Waals surface area contributed by atoms with E-state index in [1.54, 1.807) is 0 Å². The molecule has 1 heterocycles. The quantitative estimate of drug-likeness (QED) is 0.876. The molecule has 3 nitrogen and oxygen atoms in total. The van der Waals surface area contributed by atoms with Crippen molar-refractivity contribution in [2.24, 2.45) is 5.92 Å². The molecule has 0 bridgehead atoms. The van der Waals surface area contributed by atoms with E-state index in [0.717, 1.165) is 11.5 Å². The van der Waals surface area contributed by atoms with Crippen molar-refractivity contribution in [3.63, 3.8) is 0 Å². The smallest absolute Gasteiger partial charge is 0.153 e. The van der Waals surface area contributed by atoms with Gasteiger partial charge in [0.2, 0.25) is 0 Å². The van der Waals surface area contributed by atoms with Crippen LogP contribution in [0.3, 0.4) is 0 Å². The highest BCUT2D eigenvalue weighted by molar-refractivity contribution is 5.77. The fraction of sp³-hybridized carbons (Fsp3) is 0.438. The Morgan fingerprint density at radius 3 is 2.63 bits per heavy atom. The van der Waals surface area contributed by atoms with Gasteiger partial charge in [-0.15, -0.1) is 0 Å². The second kappa shape index (κ2) is 4.41. The molecule has 0 amide bonds. The first-order chi connectivity index (χ1) is 9.08. The second-order valence-electron chi connectivity index (χ2n) is 5.82. The average molecular weight is 255 g/mol. The molecule has 1 aliphatic carbocycles. The summed E-state index contributed by atoms with van der Waals surface area (Å²) in [7, 11) is 0. The summed E-state index contributed by atoms with van der Waals surface area (Å²) >= 11 is 0. The maximum atomic E-state index is 6.08. The second-order valence-corrected chi connectivity index (χ2v) is 5.82. The Hall–Kier alpha value is -1.77. The highest BCUT2D eigenvalue weighted by Gasteiger charge is 2.32. The maximum Gasteiger partial charge on any atom is 0.153 e. The number of H-pyrrole nitrogens is 1. The topological polar surface area (TPSA) is 54.7 Å². The molecular weight excluding hydrogens is 234 g/mol. The summed E-state index contributed by atoms with van der Waals surface area (Å²) in [5.41, 5.74) is 12.2. The number of aromatic amines is 1. The Morgan fingerprint density at radius 2 is 2.00 bits per heavy atom. The molecule has 1 fully saturated rings. The summed E-state index contributed by atoms with van der Waals surface area (Å²) in [6, 6.07) is 6.51. The molecule has 1 aliphatic rings. The number of aromatic nitrogens is 2. The Kier molecular flexibility index (Phi) is 2.85. The van der Waals surface area contributed by atoms with Gasteiger partial charge in [0.25, 0.3) is 0 Å². The van der Waals surface area contributed by atoms with Crippen LogP contribution in [0.1, 0.15) is 42.5 Å². The molecule has 0 spiro atoms. The third kappa shape index (κ3) is 2.14. The summed E-state index contributed by atoms with van der Waals surface area (Å²) < 4.78 is 0. The van der Waals surface area contributed by atoms with Gasteiger partial charge in [-0.3, -0.25) is 5.10 Å². The first-order valence-corrected chi connectivity index (χ1v) is 6.99. The van der Waals surface area contributed by atoms with Gasteiger partial charge in [-0.25, -0.2) is 0 Å². The zero-order valence-corrected chi connectivity index (χ0v) is 11.8. The highest BCUT2D eigenvalue weighted by atomic mass is 15.2. The molecule has 1 atom stereocenters. The average Bonchev–Trinajstić information content (AvgIpc) is 3.16. The van der Waals surface area contributed by atoms with Gasteiger partial charge in [-0.05, 0) is 49.3 Å². The zero-order valence-electron chi connectivity index (χ0n) is 11.8. The van der Waals surface area contributed by atoms with Crippen LogP contribution in [0.15, 0.2) is 18.2 Å². The lowest BCUT2D eigenvalue weighted by molar-refractivity contribution is 0.642. The molecule has 1 saturated carbocycles. The molecule has 100 valence electrons. The predicted molar refractivity (Wildman–Crippen MR) is 79.0 cm³/mol. The van der Waals surface area contributed by atoms with Crippen molar-refractivity contribution in [3.8, 4) is 11.1 Å². The van der Waals surface area contributed by atoms with E-state index in [0.29, 0.717) is 11.7 Å². The van der Waals surface area contributed by atoms with Gasteiger partial charge >= 0.3 is 0 Å². The summed E-state index contributed by atoms with van der Waals surface area (Å²) in [5.74, 6) is 1.93. The molecular formula is C16H21N3. The van der Waals surface area contributed by atoms with E-state index >= 15 is 0 Å². The van der Waals surface area contributed by atoms with Crippen molar-refractivity contribution < 1.29 is 0 Å². The van der Waals surface area contributed by atoms with Crippen molar-refractivity contribution in [1.82, 2.24) is 10.2 Å². The summed E-state index contributed by atoms with van der Waals surface area (Å²) in [6.07, 6.45) is 2.65. The predicted octanol–water partition coefficient (Wildman–Crippen LogP) is 3.79. The minimum absolute atomic E-state index is 0.515. The van der Waals surface area contributed by atoms with Crippen LogP contribution in [0.4, 0.5) is 5.82 Å². The number of nitrogens with zero attached hydrogens (tertiary/aromatic N) is 1. The molecule has 0 aliphatic heterocycles. The van der Waals surface area contributed by atoms with E-state index in [2.05, 4.69) is 49.2 Å². The van der Waals surface area contributed by atoms with Crippen LogP contribution in [-0.4, -0.2) is 10.2 Å². The van der Waals surface area contributed by atoms with E-state index in [9.17, 15) is 0 Å². The van der Waals surface area contributed by atoms with Crippen molar-refractivity contribution in [1.29, 1.82) is 0 Å². The van der Waals surface area contributed by atoms with E-state index < -0.39 is 0 Å². The molecule has 1 unspecified atom stereocenters. The standard InChI is InChI=1S/C16H21N3/c1-9-4-5-13(8-10(9)2)14-15(18-19-16(14)17)11(3)12-6-7-12/h4-5,8,11-12H,6-7H2,1-3H3,(H3,17,18,19). The first-order valence-electron chi connectivity index (χ1n) is 6.99. The summed E-state index contributed by atoms with van der Waals surface area (Å²) in [5, 5.41) is 7.38. The number of benzene rings is 1. The van der Waals surface area contributed by atoms with Gasteiger partial charge in [-0.1, -0.05) is 25.1 Å². The summed E-state index contributed by atoms with van der Waals surface area (Å²) in [6.45, 7) is 6.54. The highest BCUT2D eigenvalue weighted by Crippen LogP contribution is 2.45. The van der Waals surface area contributed by atoms with Crippen molar-refractivity contribution in [2.75, 3.05) is 5.73 Å². The van der Waals surface area contributed by atoms with Gasteiger partial charge in [-0.2, -0.15) is 5.10 Å². The number of hydrogen-bond acceptors (Lipinski definition) is 2. The number of anilines is 1. The molecule has 0 saturated heterocycles. The molecule has 1 aromatic heterocycles. The minimum Gasteiger partial charge on any atom is -0.382 e. The lowest BCUT2D eigenvalue weighted by atomic mass is 9.93. The third-order valence-electron chi connectivity index (χ3n) is 4.40. The van der Waals surface area contributed by atoms with Gasteiger partial charge in [0.05, 0.1) is 0 Å². The van der Waals surface area contributed by atoms with E-state index in [1.807, 2.05) is 0 Å². The minimum atomic E-state index is 0.515. The van der Waals surface area contributed by atoms with Crippen LogP contribution in [0.2, 0.25) is 0 Å². The van der Waals surface area contributed by atoms with Crippen LogP contribution >= 0.6 is 0 Å². The van der Waals surface area contributed by atoms with Crippen molar-refractivity contribution in [3.05, 3.63) is 35.0 Å². The number of rotatable bonds is 3. The van der Waals surface area contributed by atoms with Crippen LogP contribution in [0.5, 0.6) is 0 Å². The Morgan fingerprint density at radius 1 is 1.26 bits per heavy atom. The largest absolute Gasteiger partial charge is 0.382 e. The van der Waals surface area contributed by atoms with E-state index in [4.69, 9.17) is 5.73 Å². The molecule has 3 N–H and O–H groups in total. The van der Waals surface area contributed by atoms with Crippen molar-refractivity contribution in [2.45, 2.75) is 39.5 Å². The monoisotopic (exact) mass is 255 g/mol. The Bertz CT molecular complexity index is 608. The number of hydrogen-bond donors (Lipinski definition) is 2. The maximum absolute atomic E-state index is 6.08. The third-order valence-corrected chi connectivity index (χ3v) is 4.40. The summed E-state index contributed by atoms with van der Waals surface area (Å²) in [4.78, 5) is 0. The van der Waals surface area contributed by atoms with Gasteiger partial charge in [0.15, 0.2) is 5.82 Å². The molecule has 1 aromatic carbocycles. The van der Waals surface area contributed by atoms with Crippen LogP contribution in [0, 0.1) is 19.8 Å². The van der Waals surface area contributed by atoms with Crippen LogP contribution in [0.25, 0.3) is 11.1 Å². The van der Waals surface area contributed by atoms with Crippen LogP contribution < -0.4 is 5.73 Å². The van der Waals surface area contributed by atoms with E-state index in [1.165, 1.54) is 35.2 Å². The lowest BCUT2D eigenvalue weighted by Crippen LogP contribution is -1.99. The number of aryl methyl sites for hydroxylation is 2. The van der Waals surface area contributed by atoms with Gasteiger partial charge in [0.1, 0.15) is 0 Å². The molecule has 19 heavy (non-hydrogen) atoms. The number of nitrogens with two attached hydrogens (primary N) is 1. The van der Waals surface area contributed by atoms with Crippen LogP contribution in [-0.2, 0) is 0 Å². The lowest BCUT2D eigenvalue weighted by Gasteiger charge is -2.12. The SMILES string of the molecule is Cc1ccc(-c2c(N)n[nH]c2C(C)C2CC2)cc1C. The Labute approximate surface area is 114 Å². The van der Waals surface area contributed by atoms with E-state index in [-0.39, 0.29) is 0 Å². The zero-order chi connectivity index (χ0) is 13.6. The van der Waals surface area contributed by atoms with Crippen molar-refractivity contribution >= 4 is 5.82 Å². The fourth-order valence-electron chi connectivity index (χ4n) is 2.73. The molecule has 0 radical (unpaired) electrons. The first kappa shape index (κ1) is 12.3. The molecule has 3 heteroatoms. The number of nitrogens with one attached hydrogen (secondary N) is 1. The van der Waals surface area contributed by atoms with Gasteiger partial charge < -0.3 is 5.73 Å². The number of nitrogen functional groups attached to an aromatic ring is 1. The normalized spacial score (nSPS) is 16.6. The Balaban J connectivity index is 2.07. The molecule has 2 aromatic rings. The fourth-order valence-corrected chi connectivity index (χ4v) is 2.73. The van der Waals surface area contributed by atoms with Gasteiger partial charge in [0, 0.05) is 17.2 Å².